The first-order chi connectivity index (χ1) is 8.63. The molecule has 1 unspecified atom stereocenters. The number of carboxylic acids is 1. The van der Waals surface area contributed by atoms with Crippen LogP contribution in [0, 0.1) is 5.92 Å². The highest BCUT2D eigenvalue weighted by Gasteiger charge is 2.17. The molecule has 106 valence electrons. The van der Waals surface area contributed by atoms with E-state index < -0.39 is 5.97 Å². The second-order valence-corrected chi connectivity index (χ2v) is 4.99. The molecule has 0 saturated carbocycles. The molecule has 0 radical (unpaired) electrons. The Bertz CT molecular complexity index is 242. The summed E-state index contributed by atoms with van der Waals surface area (Å²) in [6, 6.07) is 0. The first-order valence-electron chi connectivity index (χ1n) is 6.88. The molecule has 1 N–H and O–H groups in total. The lowest BCUT2D eigenvalue weighted by Gasteiger charge is -2.30. The average Bonchev–Trinajstić information content (AvgIpc) is 2.37. The average molecular weight is 258 g/mol. The molecule has 0 bridgehead atoms. The zero-order valence-corrected chi connectivity index (χ0v) is 11.6. The number of morpholine rings is 1. The highest BCUT2D eigenvalue weighted by molar-refractivity contribution is 5.69. The maximum atomic E-state index is 10.9. The molecule has 18 heavy (non-hydrogen) atoms. The van der Waals surface area contributed by atoms with Gasteiger partial charge in [-0.25, -0.2) is 0 Å². The smallest absolute Gasteiger partial charge is 0.307 e. The van der Waals surface area contributed by atoms with Crippen LogP contribution in [0.3, 0.4) is 0 Å². The van der Waals surface area contributed by atoms with Gasteiger partial charge in [0.25, 0.3) is 0 Å². The molecule has 1 aliphatic heterocycles. The monoisotopic (exact) mass is 258 g/mol. The number of ether oxygens (including phenoxy) is 1. The van der Waals surface area contributed by atoms with Crippen LogP contribution in [-0.4, -0.2) is 73.4 Å². The summed E-state index contributed by atoms with van der Waals surface area (Å²) in [5.74, 6) is -0.997. The van der Waals surface area contributed by atoms with Crippen LogP contribution in [-0.2, 0) is 9.53 Å². The molecule has 0 aromatic rings. The predicted octanol–water partition coefficient (Wildman–Crippen LogP) is 0.751. The maximum Gasteiger partial charge on any atom is 0.307 e. The van der Waals surface area contributed by atoms with E-state index in [1.807, 2.05) is 0 Å². The summed E-state index contributed by atoms with van der Waals surface area (Å²) in [6.07, 6.45) is 1.06. The van der Waals surface area contributed by atoms with Gasteiger partial charge in [-0.1, -0.05) is 13.8 Å². The third-order valence-electron chi connectivity index (χ3n) is 3.33. The van der Waals surface area contributed by atoms with Gasteiger partial charge in [0, 0.05) is 32.7 Å². The lowest BCUT2D eigenvalue weighted by molar-refractivity contribution is -0.141. The van der Waals surface area contributed by atoms with Crippen molar-refractivity contribution in [1.82, 2.24) is 9.80 Å². The number of hydrogen-bond donors (Lipinski definition) is 1. The van der Waals surface area contributed by atoms with Crippen LogP contribution >= 0.6 is 0 Å². The first kappa shape index (κ1) is 15.4. The van der Waals surface area contributed by atoms with Crippen molar-refractivity contribution in [2.75, 3.05) is 52.5 Å². The first-order valence-corrected chi connectivity index (χ1v) is 6.88. The van der Waals surface area contributed by atoms with Gasteiger partial charge in [0.1, 0.15) is 0 Å². The quantitative estimate of drug-likeness (QED) is 0.696. The third kappa shape index (κ3) is 5.80. The second-order valence-electron chi connectivity index (χ2n) is 4.99. The maximum absolute atomic E-state index is 10.9. The van der Waals surface area contributed by atoms with E-state index in [-0.39, 0.29) is 5.92 Å². The van der Waals surface area contributed by atoms with Crippen molar-refractivity contribution in [3.05, 3.63) is 0 Å². The summed E-state index contributed by atoms with van der Waals surface area (Å²) >= 11 is 0. The van der Waals surface area contributed by atoms with E-state index in [1.54, 1.807) is 6.92 Å². The van der Waals surface area contributed by atoms with Crippen LogP contribution in [0.25, 0.3) is 0 Å². The van der Waals surface area contributed by atoms with Crippen LogP contribution in [0.4, 0.5) is 0 Å². The molecule has 1 heterocycles. The van der Waals surface area contributed by atoms with Crippen molar-refractivity contribution >= 4 is 5.97 Å². The minimum Gasteiger partial charge on any atom is -0.481 e. The van der Waals surface area contributed by atoms with Gasteiger partial charge in [-0.15, -0.1) is 0 Å². The van der Waals surface area contributed by atoms with Gasteiger partial charge < -0.3 is 14.7 Å². The van der Waals surface area contributed by atoms with Gasteiger partial charge in [0.2, 0.25) is 0 Å². The molecule has 1 fully saturated rings. The van der Waals surface area contributed by atoms with Gasteiger partial charge in [-0.2, -0.15) is 0 Å². The van der Waals surface area contributed by atoms with E-state index in [1.165, 1.54) is 0 Å². The molecule has 5 heteroatoms. The lowest BCUT2D eigenvalue weighted by Crippen LogP contribution is -2.43. The molecule has 0 aromatic heterocycles. The van der Waals surface area contributed by atoms with Crippen molar-refractivity contribution in [3.8, 4) is 0 Å². The number of aliphatic carboxylic acids is 1. The van der Waals surface area contributed by atoms with E-state index in [2.05, 4.69) is 16.7 Å². The standard InChI is InChI=1S/C13H26N2O3/c1-3-4-15(11-12(2)13(16)17)6-5-14-7-9-18-10-8-14/h12H,3-11H2,1-2H3,(H,16,17). The normalized spacial score (nSPS) is 19.1. The molecule has 0 amide bonds. The summed E-state index contributed by atoms with van der Waals surface area (Å²) in [6.45, 7) is 11.1. The predicted molar refractivity (Wildman–Crippen MR) is 70.8 cm³/mol. The molecule has 0 spiro atoms. The molecule has 5 nitrogen and oxygen atoms in total. The van der Waals surface area contributed by atoms with Gasteiger partial charge >= 0.3 is 5.97 Å². The van der Waals surface area contributed by atoms with E-state index >= 15 is 0 Å². The Balaban J connectivity index is 2.29. The molecule has 1 atom stereocenters. The Morgan fingerprint density at radius 3 is 2.61 bits per heavy atom. The summed E-state index contributed by atoms with van der Waals surface area (Å²) < 4.78 is 5.32. The van der Waals surface area contributed by atoms with Crippen LogP contribution in [0.5, 0.6) is 0 Å². The van der Waals surface area contributed by atoms with Gasteiger partial charge in [0.15, 0.2) is 0 Å². The van der Waals surface area contributed by atoms with Crippen molar-refractivity contribution in [2.45, 2.75) is 20.3 Å². The fourth-order valence-electron chi connectivity index (χ4n) is 2.18. The van der Waals surface area contributed by atoms with Crippen LogP contribution in [0.2, 0.25) is 0 Å². The lowest BCUT2D eigenvalue weighted by atomic mass is 10.1. The number of rotatable bonds is 8. The van der Waals surface area contributed by atoms with Crippen molar-refractivity contribution in [1.29, 1.82) is 0 Å². The van der Waals surface area contributed by atoms with E-state index in [0.29, 0.717) is 6.54 Å². The highest BCUT2D eigenvalue weighted by atomic mass is 16.5. The van der Waals surface area contributed by atoms with Crippen LogP contribution in [0.15, 0.2) is 0 Å². The Morgan fingerprint density at radius 2 is 2.06 bits per heavy atom. The minimum absolute atomic E-state index is 0.291. The Morgan fingerprint density at radius 1 is 1.39 bits per heavy atom. The molecule has 1 saturated heterocycles. The zero-order chi connectivity index (χ0) is 13.4. The Hall–Kier alpha value is -0.650. The molecular weight excluding hydrogens is 232 g/mol. The summed E-state index contributed by atoms with van der Waals surface area (Å²) in [5.41, 5.74) is 0. The fourth-order valence-corrected chi connectivity index (χ4v) is 2.18. The summed E-state index contributed by atoms with van der Waals surface area (Å²) in [5, 5.41) is 8.96. The van der Waals surface area contributed by atoms with Crippen LogP contribution in [0.1, 0.15) is 20.3 Å². The Labute approximate surface area is 110 Å². The van der Waals surface area contributed by atoms with Crippen molar-refractivity contribution in [3.63, 3.8) is 0 Å². The molecule has 1 rings (SSSR count). The number of carbonyl (C=O) groups is 1. The highest BCUT2D eigenvalue weighted by Crippen LogP contribution is 2.03. The molecular formula is C13H26N2O3. The number of carboxylic acid groups (broad SMARTS) is 1. The van der Waals surface area contributed by atoms with Gasteiger partial charge in [-0.3, -0.25) is 9.69 Å². The largest absolute Gasteiger partial charge is 0.481 e. The summed E-state index contributed by atoms with van der Waals surface area (Å²) in [4.78, 5) is 15.5. The molecule has 1 aliphatic rings. The Kier molecular flexibility index (Phi) is 7.23. The molecule has 0 aliphatic carbocycles. The van der Waals surface area contributed by atoms with E-state index in [0.717, 1.165) is 52.4 Å². The third-order valence-corrected chi connectivity index (χ3v) is 3.33. The van der Waals surface area contributed by atoms with E-state index in [4.69, 9.17) is 9.84 Å². The molecule has 0 aromatic carbocycles. The van der Waals surface area contributed by atoms with E-state index in [9.17, 15) is 4.79 Å². The summed E-state index contributed by atoms with van der Waals surface area (Å²) in [7, 11) is 0. The van der Waals surface area contributed by atoms with Gasteiger partial charge in [-0.05, 0) is 13.0 Å². The second kappa shape index (κ2) is 8.45. The SMILES string of the molecule is CCCN(CCN1CCOCC1)CC(C)C(=O)O. The minimum atomic E-state index is -0.706. The number of hydrogen-bond acceptors (Lipinski definition) is 4. The zero-order valence-electron chi connectivity index (χ0n) is 11.6. The topological polar surface area (TPSA) is 53.0 Å². The van der Waals surface area contributed by atoms with Gasteiger partial charge in [0.05, 0.1) is 19.1 Å². The fraction of sp³-hybridized carbons (Fsp3) is 0.923. The van der Waals surface area contributed by atoms with Crippen molar-refractivity contribution < 1.29 is 14.6 Å². The van der Waals surface area contributed by atoms with Crippen molar-refractivity contribution in [2.24, 2.45) is 5.92 Å². The van der Waals surface area contributed by atoms with Crippen LogP contribution < -0.4 is 0 Å². The number of nitrogens with zero attached hydrogens (tertiary/aromatic N) is 2.